The van der Waals surface area contributed by atoms with E-state index in [1.54, 1.807) is 24.5 Å². The molecule has 0 spiro atoms. The fourth-order valence-corrected chi connectivity index (χ4v) is 4.19. The first kappa shape index (κ1) is 23.3. The Morgan fingerprint density at radius 1 is 1.28 bits per heavy atom. The smallest absolute Gasteiger partial charge is 0.266 e. The van der Waals surface area contributed by atoms with Crippen molar-refractivity contribution in [2.24, 2.45) is 7.05 Å². The average Bonchev–Trinajstić information content (AvgIpc) is 3.32. The van der Waals surface area contributed by atoms with Crippen LogP contribution in [0.3, 0.4) is 0 Å². The summed E-state index contributed by atoms with van der Waals surface area (Å²) in [6.07, 6.45) is 5.87. The van der Waals surface area contributed by atoms with Gasteiger partial charge in [0.15, 0.2) is 0 Å². The number of imidazole rings is 1. The molecule has 1 atom stereocenters. The topological polar surface area (TPSA) is 63.1 Å². The van der Waals surface area contributed by atoms with E-state index >= 15 is 0 Å². The summed E-state index contributed by atoms with van der Waals surface area (Å²) in [7, 11) is 1.94. The number of carbonyl (C=O) groups is 1. The molecule has 4 rings (SSSR count). The van der Waals surface area contributed by atoms with E-state index in [1.807, 2.05) is 22.7 Å². The summed E-state index contributed by atoms with van der Waals surface area (Å²) in [6, 6.07) is 6.26. The molecule has 0 saturated carbocycles. The van der Waals surface area contributed by atoms with Gasteiger partial charge in [-0.1, -0.05) is 12.1 Å². The molecule has 6 nitrogen and oxygen atoms in total. The van der Waals surface area contributed by atoms with Crippen molar-refractivity contribution in [2.75, 3.05) is 19.6 Å². The van der Waals surface area contributed by atoms with Crippen molar-refractivity contribution < 1.29 is 9.18 Å². The highest BCUT2D eigenvalue weighted by atomic mass is 35.5. The fraction of sp³-hybridized carbons (Fsp3) is 0.316. The molecule has 0 bridgehead atoms. The Hall–Kier alpha value is -2.00. The molecule has 3 aromatic rings. The summed E-state index contributed by atoms with van der Waals surface area (Å²) in [5, 5.41) is 4.18. The van der Waals surface area contributed by atoms with Gasteiger partial charge in [-0.25, -0.2) is 14.4 Å². The van der Waals surface area contributed by atoms with E-state index < -0.39 is 0 Å². The SMILES string of the molecule is Cl.Cl.Cn1ccnc1C1CNCCN1C(=O)c1cnc(Cc2ccc(F)cc2)s1. The Morgan fingerprint density at radius 3 is 2.72 bits per heavy atom. The molecule has 1 unspecified atom stereocenters. The van der Waals surface area contributed by atoms with Gasteiger partial charge in [-0.05, 0) is 17.7 Å². The van der Waals surface area contributed by atoms with Crippen LogP contribution in [0.4, 0.5) is 4.39 Å². The van der Waals surface area contributed by atoms with Crippen LogP contribution in [0.15, 0.2) is 42.9 Å². The second kappa shape index (κ2) is 10.2. The van der Waals surface area contributed by atoms with E-state index in [0.29, 0.717) is 24.4 Å². The number of benzene rings is 1. The lowest BCUT2D eigenvalue weighted by Crippen LogP contribution is -2.49. The number of rotatable bonds is 4. The van der Waals surface area contributed by atoms with Gasteiger partial charge in [0.1, 0.15) is 22.6 Å². The third-order valence-corrected chi connectivity index (χ3v) is 5.68. The van der Waals surface area contributed by atoms with Gasteiger partial charge in [-0.15, -0.1) is 36.2 Å². The van der Waals surface area contributed by atoms with Crippen LogP contribution in [0.5, 0.6) is 0 Å². The Morgan fingerprint density at radius 2 is 2.03 bits per heavy atom. The highest BCUT2D eigenvalue weighted by Crippen LogP contribution is 2.25. The molecule has 10 heteroatoms. The van der Waals surface area contributed by atoms with E-state index in [9.17, 15) is 9.18 Å². The fourth-order valence-electron chi connectivity index (χ4n) is 3.29. The minimum Gasteiger partial charge on any atom is -0.336 e. The van der Waals surface area contributed by atoms with Gasteiger partial charge in [0.05, 0.1) is 11.2 Å². The average molecular weight is 458 g/mol. The van der Waals surface area contributed by atoms with Gasteiger partial charge in [-0.3, -0.25) is 4.79 Å². The number of aryl methyl sites for hydroxylation is 1. The first-order valence-corrected chi connectivity index (χ1v) is 9.61. The predicted octanol–water partition coefficient (Wildman–Crippen LogP) is 3.24. The van der Waals surface area contributed by atoms with E-state index in [-0.39, 0.29) is 42.6 Å². The van der Waals surface area contributed by atoms with E-state index in [0.717, 1.165) is 22.9 Å². The highest BCUT2D eigenvalue weighted by molar-refractivity contribution is 7.13. The first-order valence-electron chi connectivity index (χ1n) is 8.80. The molecular weight excluding hydrogens is 436 g/mol. The second-order valence-electron chi connectivity index (χ2n) is 6.54. The first-order chi connectivity index (χ1) is 13.1. The predicted molar refractivity (Wildman–Crippen MR) is 116 cm³/mol. The number of carbonyl (C=O) groups excluding carboxylic acids is 1. The summed E-state index contributed by atoms with van der Waals surface area (Å²) in [5.41, 5.74) is 0.970. The molecule has 1 aromatic carbocycles. The molecule has 29 heavy (non-hydrogen) atoms. The highest BCUT2D eigenvalue weighted by Gasteiger charge is 2.31. The molecular formula is C19H22Cl2FN5OS. The lowest BCUT2D eigenvalue weighted by atomic mass is 10.1. The number of halogens is 3. The van der Waals surface area contributed by atoms with Gasteiger partial charge in [-0.2, -0.15) is 0 Å². The summed E-state index contributed by atoms with van der Waals surface area (Å²) in [6.45, 7) is 2.06. The van der Waals surface area contributed by atoms with E-state index in [2.05, 4.69) is 15.3 Å². The van der Waals surface area contributed by atoms with Crippen LogP contribution in [0.25, 0.3) is 0 Å². The van der Waals surface area contributed by atoms with Crippen molar-refractivity contribution >= 4 is 42.1 Å². The maximum atomic E-state index is 13.1. The van der Waals surface area contributed by atoms with Crippen LogP contribution in [0, 0.1) is 5.82 Å². The molecule has 1 N–H and O–H groups in total. The second-order valence-corrected chi connectivity index (χ2v) is 7.65. The minimum atomic E-state index is -0.257. The van der Waals surface area contributed by atoms with Crippen molar-refractivity contribution in [3.63, 3.8) is 0 Å². The van der Waals surface area contributed by atoms with Gasteiger partial charge < -0.3 is 14.8 Å². The molecule has 2 aromatic heterocycles. The molecule has 1 saturated heterocycles. The number of hydrogen-bond acceptors (Lipinski definition) is 5. The number of nitrogens with one attached hydrogen (secondary N) is 1. The number of nitrogens with zero attached hydrogens (tertiary/aromatic N) is 4. The van der Waals surface area contributed by atoms with Crippen LogP contribution in [0.1, 0.15) is 32.1 Å². The lowest BCUT2D eigenvalue weighted by Gasteiger charge is -2.35. The maximum absolute atomic E-state index is 13.1. The zero-order valence-electron chi connectivity index (χ0n) is 15.7. The Labute approximate surface area is 185 Å². The quantitative estimate of drug-likeness (QED) is 0.652. The summed E-state index contributed by atoms with van der Waals surface area (Å²) >= 11 is 1.39. The van der Waals surface area contributed by atoms with E-state index in [4.69, 9.17) is 0 Å². The van der Waals surface area contributed by atoms with Crippen LogP contribution < -0.4 is 5.32 Å². The maximum Gasteiger partial charge on any atom is 0.266 e. The minimum absolute atomic E-state index is 0. The standard InChI is InChI=1S/C19H20FN5OS.2ClH/c1-24-8-7-22-18(24)15-11-21-6-9-25(15)19(26)16-12-23-17(27-16)10-13-2-4-14(20)5-3-13;;/h2-5,7-8,12,15,21H,6,9-11H2,1H3;2*1H. The van der Waals surface area contributed by atoms with Crippen molar-refractivity contribution in [2.45, 2.75) is 12.5 Å². The van der Waals surface area contributed by atoms with Crippen molar-refractivity contribution in [1.82, 2.24) is 24.8 Å². The molecule has 1 aliphatic heterocycles. The van der Waals surface area contributed by atoms with Crippen LogP contribution in [0.2, 0.25) is 0 Å². The largest absolute Gasteiger partial charge is 0.336 e. The van der Waals surface area contributed by atoms with Crippen LogP contribution in [-0.4, -0.2) is 45.0 Å². The summed E-state index contributed by atoms with van der Waals surface area (Å²) in [5.74, 6) is 0.590. The zero-order chi connectivity index (χ0) is 18.8. The monoisotopic (exact) mass is 457 g/mol. The number of amides is 1. The molecule has 156 valence electrons. The van der Waals surface area contributed by atoms with Crippen molar-refractivity contribution in [3.05, 3.63) is 69.9 Å². The Kier molecular flexibility index (Phi) is 8.15. The molecule has 1 aliphatic rings. The molecule has 1 fully saturated rings. The number of piperazine rings is 1. The molecule has 0 aliphatic carbocycles. The van der Waals surface area contributed by atoms with Gasteiger partial charge in [0.2, 0.25) is 0 Å². The lowest BCUT2D eigenvalue weighted by molar-refractivity contribution is 0.0625. The summed E-state index contributed by atoms with van der Waals surface area (Å²) < 4.78 is 15.0. The van der Waals surface area contributed by atoms with E-state index in [1.165, 1.54) is 23.5 Å². The summed E-state index contributed by atoms with van der Waals surface area (Å²) in [4.78, 5) is 24.4. The molecule has 1 amide bonds. The Bertz CT molecular complexity index is 946. The van der Waals surface area contributed by atoms with Crippen molar-refractivity contribution in [1.29, 1.82) is 0 Å². The Balaban J connectivity index is 0.00000150. The molecule has 3 heterocycles. The number of aromatic nitrogens is 3. The third-order valence-electron chi connectivity index (χ3n) is 4.69. The van der Waals surface area contributed by atoms with Crippen molar-refractivity contribution in [3.8, 4) is 0 Å². The zero-order valence-corrected chi connectivity index (χ0v) is 18.2. The van der Waals surface area contributed by atoms with Gasteiger partial charge >= 0.3 is 0 Å². The van der Waals surface area contributed by atoms with Crippen LogP contribution >= 0.6 is 36.2 Å². The van der Waals surface area contributed by atoms with Gasteiger partial charge in [0, 0.05) is 45.5 Å². The number of thiazole rings is 1. The normalized spacial score (nSPS) is 16.1. The molecule has 0 radical (unpaired) electrons. The van der Waals surface area contributed by atoms with Gasteiger partial charge in [0.25, 0.3) is 5.91 Å². The third kappa shape index (κ3) is 5.14. The number of hydrogen-bond donors (Lipinski definition) is 1. The van der Waals surface area contributed by atoms with Crippen LogP contribution in [-0.2, 0) is 13.5 Å².